The third kappa shape index (κ3) is 3.18. The Kier molecular flexibility index (Phi) is 3.86. The number of likely N-dealkylation sites (N-methyl/N-ethyl adjacent to an activating group) is 1. The topological polar surface area (TPSA) is 67.2 Å². The summed E-state index contributed by atoms with van der Waals surface area (Å²) in [5.41, 5.74) is -0.832. The highest BCUT2D eigenvalue weighted by Gasteiger charge is 2.31. The fourth-order valence-corrected chi connectivity index (χ4v) is 1.90. The fraction of sp³-hybridized carbons (Fsp3) is 1.00. The second kappa shape index (κ2) is 4.55. The van der Waals surface area contributed by atoms with E-state index in [1.54, 1.807) is 11.8 Å². The van der Waals surface area contributed by atoms with Crippen LogP contribution in [-0.4, -0.2) is 76.8 Å². The van der Waals surface area contributed by atoms with Crippen molar-refractivity contribution < 1.29 is 15.3 Å². The minimum absolute atomic E-state index is 0.292. The molecular weight excluding hydrogens is 184 g/mol. The predicted molar refractivity (Wildman–Crippen MR) is 52.8 cm³/mol. The second-order valence-electron chi connectivity index (χ2n) is 4.37. The van der Waals surface area contributed by atoms with Gasteiger partial charge in [-0.25, -0.2) is 0 Å². The van der Waals surface area contributed by atoms with E-state index in [1.165, 1.54) is 0 Å². The van der Waals surface area contributed by atoms with Gasteiger partial charge in [0, 0.05) is 26.2 Å². The van der Waals surface area contributed by atoms with E-state index in [-0.39, 0.29) is 6.61 Å². The molecular formula is C9H20N2O3. The van der Waals surface area contributed by atoms with Gasteiger partial charge in [-0.05, 0) is 14.0 Å². The van der Waals surface area contributed by atoms with Crippen molar-refractivity contribution in [3.05, 3.63) is 0 Å². The van der Waals surface area contributed by atoms with Gasteiger partial charge in [0.2, 0.25) is 0 Å². The monoisotopic (exact) mass is 204 g/mol. The molecule has 0 amide bonds. The normalized spacial score (nSPS) is 34.1. The minimum Gasteiger partial charge on any atom is -0.392 e. The van der Waals surface area contributed by atoms with E-state index in [2.05, 4.69) is 0 Å². The molecule has 0 aromatic carbocycles. The van der Waals surface area contributed by atoms with Gasteiger partial charge < -0.3 is 20.2 Å². The van der Waals surface area contributed by atoms with Gasteiger partial charge in [-0.1, -0.05) is 0 Å². The van der Waals surface area contributed by atoms with E-state index in [4.69, 9.17) is 5.11 Å². The summed E-state index contributed by atoms with van der Waals surface area (Å²) in [5, 5.41) is 28.3. The molecule has 2 unspecified atom stereocenters. The third-order valence-electron chi connectivity index (χ3n) is 2.51. The minimum atomic E-state index is -0.868. The Hall–Kier alpha value is -0.200. The van der Waals surface area contributed by atoms with Gasteiger partial charge in [0.15, 0.2) is 0 Å². The molecule has 14 heavy (non-hydrogen) atoms. The molecule has 0 bridgehead atoms. The zero-order valence-electron chi connectivity index (χ0n) is 8.85. The zero-order chi connectivity index (χ0) is 10.8. The van der Waals surface area contributed by atoms with Crippen LogP contribution in [0, 0.1) is 0 Å². The Morgan fingerprint density at radius 1 is 1.36 bits per heavy atom. The van der Waals surface area contributed by atoms with Crippen molar-refractivity contribution in [2.75, 3.05) is 39.8 Å². The summed E-state index contributed by atoms with van der Waals surface area (Å²) in [6, 6.07) is 0. The zero-order valence-corrected chi connectivity index (χ0v) is 8.85. The SMILES string of the molecule is CN1CCN(C(O)CO)CC(C)(O)C1. The van der Waals surface area contributed by atoms with Crippen molar-refractivity contribution in [1.82, 2.24) is 9.80 Å². The van der Waals surface area contributed by atoms with E-state index < -0.39 is 11.8 Å². The maximum atomic E-state index is 9.96. The lowest BCUT2D eigenvalue weighted by molar-refractivity contribution is -0.0665. The first-order chi connectivity index (χ1) is 6.44. The number of aliphatic hydroxyl groups is 3. The summed E-state index contributed by atoms with van der Waals surface area (Å²) < 4.78 is 0. The maximum absolute atomic E-state index is 9.96. The molecule has 1 heterocycles. The first kappa shape index (κ1) is 11.9. The summed E-state index contributed by atoms with van der Waals surface area (Å²) in [5.74, 6) is 0. The van der Waals surface area contributed by atoms with Gasteiger partial charge in [0.25, 0.3) is 0 Å². The van der Waals surface area contributed by atoms with Crippen molar-refractivity contribution in [3.63, 3.8) is 0 Å². The van der Waals surface area contributed by atoms with Crippen molar-refractivity contribution in [2.45, 2.75) is 18.8 Å². The number of hydrogen-bond acceptors (Lipinski definition) is 5. The summed E-state index contributed by atoms with van der Waals surface area (Å²) in [6.07, 6.45) is -0.868. The van der Waals surface area contributed by atoms with E-state index in [9.17, 15) is 10.2 Å². The van der Waals surface area contributed by atoms with E-state index in [0.29, 0.717) is 19.6 Å². The van der Waals surface area contributed by atoms with Gasteiger partial charge in [0.05, 0.1) is 12.2 Å². The molecule has 0 aromatic rings. The first-order valence-electron chi connectivity index (χ1n) is 4.88. The van der Waals surface area contributed by atoms with Crippen LogP contribution in [-0.2, 0) is 0 Å². The lowest BCUT2D eigenvalue weighted by atomic mass is 10.1. The average molecular weight is 204 g/mol. The van der Waals surface area contributed by atoms with Crippen LogP contribution in [0.25, 0.3) is 0 Å². The molecule has 2 atom stereocenters. The molecule has 1 aliphatic rings. The average Bonchev–Trinajstić information content (AvgIpc) is 2.22. The Morgan fingerprint density at radius 2 is 2.00 bits per heavy atom. The highest BCUT2D eigenvalue weighted by molar-refractivity contribution is 4.85. The van der Waals surface area contributed by atoms with Crippen LogP contribution in [0.1, 0.15) is 6.92 Å². The van der Waals surface area contributed by atoms with Crippen LogP contribution in [0.3, 0.4) is 0 Å². The molecule has 5 nitrogen and oxygen atoms in total. The molecule has 1 saturated heterocycles. The molecule has 1 rings (SSSR count). The molecule has 0 aliphatic carbocycles. The van der Waals surface area contributed by atoms with E-state index >= 15 is 0 Å². The first-order valence-corrected chi connectivity index (χ1v) is 4.88. The lowest BCUT2D eigenvalue weighted by Crippen LogP contribution is -2.48. The largest absolute Gasteiger partial charge is 0.392 e. The molecule has 5 heteroatoms. The second-order valence-corrected chi connectivity index (χ2v) is 4.37. The summed E-state index contributed by atoms with van der Waals surface area (Å²) in [6.45, 7) is 3.87. The number of nitrogens with zero attached hydrogens (tertiary/aromatic N) is 2. The summed E-state index contributed by atoms with van der Waals surface area (Å²) >= 11 is 0. The molecule has 0 saturated carbocycles. The van der Waals surface area contributed by atoms with Crippen molar-refractivity contribution in [1.29, 1.82) is 0 Å². The van der Waals surface area contributed by atoms with Gasteiger partial charge in [-0.15, -0.1) is 0 Å². The van der Waals surface area contributed by atoms with Gasteiger partial charge in [-0.2, -0.15) is 0 Å². The number of aliphatic hydroxyl groups excluding tert-OH is 2. The maximum Gasteiger partial charge on any atom is 0.130 e. The molecule has 1 aliphatic heterocycles. The predicted octanol–water partition coefficient (Wildman–Crippen LogP) is -1.70. The van der Waals surface area contributed by atoms with Crippen LogP contribution >= 0.6 is 0 Å². The van der Waals surface area contributed by atoms with Crippen molar-refractivity contribution in [2.24, 2.45) is 0 Å². The Bertz CT molecular complexity index is 187. The smallest absolute Gasteiger partial charge is 0.130 e. The highest BCUT2D eigenvalue weighted by Crippen LogP contribution is 2.13. The summed E-state index contributed by atoms with van der Waals surface area (Å²) in [4.78, 5) is 3.72. The number of hydrogen-bond donors (Lipinski definition) is 3. The molecule has 0 spiro atoms. The molecule has 3 N–H and O–H groups in total. The van der Waals surface area contributed by atoms with Crippen LogP contribution < -0.4 is 0 Å². The quantitative estimate of drug-likeness (QED) is 0.500. The lowest BCUT2D eigenvalue weighted by Gasteiger charge is -2.30. The molecule has 0 aromatic heterocycles. The van der Waals surface area contributed by atoms with Crippen molar-refractivity contribution >= 4 is 0 Å². The molecule has 0 radical (unpaired) electrons. The van der Waals surface area contributed by atoms with Crippen LogP contribution in [0.2, 0.25) is 0 Å². The Morgan fingerprint density at radius 3 is 2.57 bits per heavy atom. The highest BCUT2D eigenvalue weighted by atomic mass is 16.3. The Labute approximate surface area is 84.6 Å². The Balaban J connectivity index is 2.62. The van der Waals surface area contributed by atoms with E-state index in [0.717, 1.165) is 6.54 Å². The van der Waals surface area contributed by atoms with Crippen molar-refractivity contribution in [3.8, 4) is 0 Å². The molecule has 84 valence electrons. The van der Waals surface area contributed by atoms with E-state index in [1.807, 2.05) is 11.9 Å². The van der Waals surface area contributed by atoms with Crippen LogP contribution in [0.4, 0.5) is 0 Å². The van der Waals surface area contributed by atoms with Gasteiger partial charge in [0.1, 0.15) is 6.23 Å². The standard InChI is InChI=1S/C9H20N2O3/c1-9(14)6-10(2)3-4-11(7-9)8(13)5-12/h8,12-14H,3-7H2,1-2H3. The fourth-order valence-electron chi connectivity index (χ4n) is 1.90. The van der Waals surface area contributed by atoms with Crippen LogP contribution in [0.15, 0.2) is 0 Å². The number of β-amino-alcohol motifs (C(OH)–C–C–N with tert-alkyl or cyclic N) is 1. The number of rotatable bonds is 2. The summed E-state index contributed by atoms with van der Waals surface area (Å²) in [7, 11) is 1.93. The van der Waals surface area contributed by atoms with Gasteiger partial charge >= 0.3 is 0 Å². The van der Waals surface area contributed by atoms with Gasteiger partial charge in [-0.3, -0.25) is 4.90 Å². The van der Waals surface area contributed by atoms with Crippen LogP contribution in [0.5, 0.6) is 0 Å². The third-order valence-corrected chi connectivity index (χ3v) is 2.51. The molecule has 1 fully saturated rings.